The molecule has 144 valence electrons. The lowest BCUT2D eigenvalue weighted by atomic mass is 10.1. The average molecular weight is 398 g/mol. The number of carboxylic acids is 1. The van der Waals surface area contributed by atoms with E-state index in [1.165, 1.54) is 23.0 Å². The average Bonchev–Trinajstić information content (AvgIpc) is 3.24. The van der Waals surface area contributed by atoms with Gasteiger partial charge >= 0.3 is 5.97 Å². The Kier molecular flexibility index (Phi) is 4.28. The van der Waals surface area contributed by atoms with Gasteiger partial charge in [0.25, 0.3) is 0 Å². The molecule has 0 saturated heterocycles. The number of aliphatic carboxylic acids is 1. The highest BCUT2D eigenvalue weighted by atomic mass is 32.2. The lowest BCUT2D eigenvalue weighted by Crippen LogP contribution is -2.44. The van der Waals surface area contributed by atoms with E-state index < -0.39 is 27.4 Å². The van der Waals surface area contributed by atoms with Gasteiger partial charge in [0.1, 0.15) is 10.4 Å². The second-order valence-electron chi connectivity index (χ2n) is 6.86. The minimum absolute atomic E-state index is 0.0977. The van der Waals surface area contributed by atoms with Crippen LogP contribution in [0.4, 0.5) is 0 Å². The van der Waals surface area contributed by atoms with Gasteiger partial charge in [-0.05, 0) is 36.6 Å². The van der Waals surface area contributed by atoms with Crippen LogP contribution >= 0.6 is 0 Å². The zero-order valence-corrected chi connectivity index (χ0v) is 15.8. The van der Waals surface area contributed by atoms with Crippen LogP contribution in [0.3, 0.4) is 0 Å². The molecular formula is C19H18N4O4S. The molecule has 2 N–H and O–H groups in total. The van der Waals surface area contributed by atoms with E-state index in [-0.39, 0.29) is 11.3 Å². The molecule has 28 heavy (non-hydrogen) atoms. The lowest BCUT2D eigenvalue weighted by molar-refractivity contribution is -0.140. The van der Waals surface area contributed by atoms with Gasteiger partial charge in [-0.15, -0.1) is 0 Å². The second-order valence-corrected chi connectivity index (χ2v) is 8.55. The molecule has 9 heteroatoms. The van der Waals surface area contributed by atoms with Crippen LogP contribution in [0.5, 0.6) is 0 Å². The summed E-state index contributed by atoms with van der Waals surface area (Å²) in [6, 6.07) is 11.9. The van der Waals surface area contributed by atoms with Crippen LogP contribution in [-0.2, 0) is 14.8 Å². The van der Waals surface area contributed by atoms with E-state index in [0.29, 0.717) is 5.82 Å². The normalized spacial score (nSPS) is 21.4. The van der Waals surface area contributed by atoms with Gasteiger partial charge in [0.15, 0.2) is 5.82 Å². The lowest BCUT2D eigenvalue weighted by Gasteiger charge is -2.15. The number of aromatic nitrogens is 3. The minimum atomic E-state index is -4.06. The highest BCUT2D eigenvalue weighted by molar-refractivity contribution is 7.89. The highest BCUT2D eigenvalue weighted by Gasteiger charge is 2.63. The second kappa shape index (κ2) is 6.54. The van der Waals surface area contributed by atoms with Crippen LogP contribution < -0.4 is 4.72 Å². The van der Waals surface area contributed by atoms with E-state index in [0.717, 1.165) is 11.1 Å². The first-order valence-corrected chi connectivity index (χ1v) is 10.1. The molecular weight excluding hydrogens is 380 g/mol. The highest BCUT2D eigenvalue weighted by Crippen LogP contribution is 2.52. The maximum Gasteiger partial charge on any atom is 0.325 e. The molecule has 8 nitrogen and oxygen atoms in total. The number of carboxylic acid groups (broad SMARTS) is 1. The van der Waals surface area contributed by atoms with Gasteiger partial charge in [-0.2, -0.15) is 9.82 Å². The Morgan fingerprint density at radius 1 is 1.21 bits per heavy atom. The number of rotatable bonds is 6. The molecule has 1 aliphatic carbocycles. The Morgan fingerprint density at radius 2 is 1.96 bits per heavy atom. The van der Waals surface area contributed by atoms with Gasteiger partial charge in [0.2, 0.25) is 10.0 Å². The first-order valence-electron chi connectivity index (χ1n) is 8.62. The van der Waals surface area contributed by atoms with Crippen LogP contribution in [0.1, 0.15) is 23.5 Å². The zero-order valence-electron chi connectivity index (χ0n) is 15.0. The molecule has 1 saturated carbocycles. The molecule has 3 aromatic rings. The molecule has 0 spiro atoms. The summed E-state index contributed by atoms with van der Waals surface area (Å²) in [5.74, 6) is -1.14. The molecule has 0 bridgehead atoms. The summed E-state index contributed by atoms with van der Waals surface area (Å²) in [4.78, 5) is 15.9. The Morgan fingerprint density at radius 3 is 2.54 bits per heavy atom. The number of carbonyl (C=O) groups is 1. The maximum absolute atomic E-state index is 12.8. The van der Waals surface area contributed by atoms with Gasteiger partial charge in [0, 0.05) is 18.3 Å². The molecule has 2 heterocycles. The van der Waals surface area contributed by atoms with Gasteiger partial charge < -0.3 is 5.11 Å². The third-order valence-electron chi connectivity index (χ3n) is 4.84. The molecule has 2 atom stereocenters. The number of nitrogens with zero attached hydrogens (tertiary/aromatic N) is 3. The van der Waals surface area contributed by atoms with Crippen molar-refractivity contribution in [1.82, 2.24) is 19.5 Å². The molecule has 1 fully saturated rings. The fraction of sp³-hybridized carbons (Fsp3) is 0.211. The third-order valence-corrected chi connectivity index (χ3v) is 6.33. The number of nitrogens with one attached hydrogen (secondary N) is 1. The summed E-state index contributed by atoms with van der Waals surface area (Å²) >= 11 is 0. The van der Waals surface area contributed by atoms with Crippen molar-refractivity contribution >= 4 is 16.0 Å². The molecule has 4 rings (SSSR count). The number of hydrogen-bond acceptors (Lipinski definition) is 5. The molecule has 1 aromatic carbocycles. The fourth-order valence-corrected chi connectivity index (χ4v) is 4.60. The van der Waals surface area contributed by atoms with Crippen molar-refractivity contribution < 1.29 is 18.3 Å². The molecule has 0 radical (unpaired) electrons. The largest absolute Gasteiger partial charge is 0.480 e. The molecule has 0 amide bonds. The Bertz CT molecular complexity index is 1130. The fourth-order valence-electron chi connectivity index (χ4n) is 3.25. The molecule has 0 aliphatic heterocycles. The predicted molar refractivity (Wildman–Crippen MR) is 101 cm³/mol. The van der Waals surface area contributed by atoms with Crippen molar-refractivity contribution in [3.63, 3.8) is 0 Å². The number of benzene rings is 1. The summed E-state index contributed by atoms with van der Waals surface area (Å²) in [5.41, 5.74) is 0.192. The van der Waals surface area contributed by atoms with Crippen LogP contribution in [0.15, 0.2) is 66.0 Å². The van der Waals surface area contributed by atoms with E-state index in [1.807, 2.05) is 13.0 Å². The van der Waals surface area contributed by atoms with Crippen molar-refractivity contribution in [3.05, 3.63) is 72.2 Å². The summed E-state index contributed by atoms with van der Waals surface area (Å²) in [6.45, 7) is 1.89. The first-order chi connectivity index (χ1) is 13.3. The topological polar surface area (TPSA) is 114 Å². The smallest absolute Gasteiger partial charge is 0.325 e. The number of hydrogen-bond donors (Lipinski definition) is 2. The van der Waals surface area contributed by atoms with Crippen LogP contribution in [0.2, 0.25) is 0 Å². The van der Waals surface area contributed by atoms with E-state index in [1.54, 1.807) is 36.7 Å². The Labute approximate surface area is 161 Å². The molecule has 0 unspecified atom stereocenters. The summed E-state index contributed by atoms with van der Waals surface area (Å²) in [7, 11) is -4.06. The Hall–Kier alpha value is -3.04. The third kappa shape index (κ3) is 3.19. The SMILES string of the molecule is Cc1cnn(-c2ccc(S(=O)(=O)N[C@@]3(C(=O)O)C[C@H]3c3ccccc3)cn2)c1. The van der Waals surface area contributed by atoms with Gasteiger partial charge in [0.05, 0.1) is 6.20 Å². The van der Waals surface area contributed by atoms with E-state index >= 15 is 0 Å². The monoisotopic (exact) mass is 398 g/mol. The number of pyridine rings is 1. The zero-order chi connectivity index (χ0) is 19.9. The Balaban J connectivity index is 1.59. The predicted octanol–water partition coefficient (Wildman–Crippen LogP) is 1.86. The maximum atomic E-state index is 12.8. The van der Waals surface area contributed by atoms with Crippen LogP contribution in [0.25, 0.3) is 5.82 Å². The number of sulfonamides is 1. The molecule has 2 aromatic heterocycles. The van der Waals surface area contributed by atoms with E-state index in [2.05, 4.69) is 14.8 Å². The first kappa shape index (κ1) is 18.3. The van der Waals surface area contributed by atoms with Gasteiger partial charge in [-0.1, -0.05) is 30.3 Å². The van der Waals surface area contributed by atoms with Crippen molar-refractivity contribution in [2.45, 2.75) is 29.7 Å². The molecule has 1 aliphatic rings. The standard InChI is InChI=1S/C19H18N4O4S/c1-13-10-21-23(12-13)17-8-7-15(11-20-17)28(26,27)22-19(18(24)25)9-16(19)14-5-3-2-4-6-14/h2-8,10-12,16,22H,9H2,1H3,(H,24,25)/t16-,19-/m0/s1. The summed E-state index contributed by atoms with van der Waals surface area (Å²) in [6.07, 6.45) is 4.83. The van der Waals surface area contributed by atoms with E-state index in [9.17, 15) is 18.3 Å². The van der Waals surface area contributed by atoms with Gasteiger partial charge in [-0.3, -0.25) is 4.79 Å². The minimum Gasteiger partial charge on any atom is -0.480 e. The summed E-state index contributed by atoms with van der Waals surface area (Å²) in [5, 5.41) is 13.8. The summed E-state index contributed by atoms with van der Waals surface area (Å²) < 4.78 is 29.5. The van der Waals surface area contributed by atoms with Crippen molar-refractivity contribution in [1.29, 1.82) is 0 Å². The number of aryl methyl sites for hydroxylation is 1. The van der Waals surface area contributed by atoms with Crippen LogP contribution in [-0.4, -0.2) is 39.8 Å². The van der Waals surface area contributed by atoms with E-state index in [4.69, 9.17) is 0 Å². The van der Waals surface area contributed by atoms with Crippen molar-refractivity contribution in [3.8, 4) is 5.82 Å². The van der Waals surface area contributed by atoms with Gasteiger partial charge in [-0.25, -0.2) is 18.1 Å². The van der Waals surface area contributed by atoms with Crippen molar-refractivity contribution in [2.75, 3.05) is 0 Å². The quantitative estimate of drug-likeness (QED) is 0.655. The van der Waals surface area contributed by atoms with Crippen LogP contribution in [0, 0.1) is 6.92 Å². The van der Waals surface area contributed by atoms with Crippen molar-refractivity contribution in [2.24, 2.45) is 0 Å².